The number of halogens is 4. The Bertz CT molecular complexity index is 321. The van der Waals surface area contributed by atoms with Gasteiger partial charge in [0.2, 0.25) is 0 Å². The summed E-state index contributed by atoms with van der Waals surface area (Å²) in [7, 11) is 0. The first-order chi connectivity index (χ1) is 7.04. The smallest absolute Gasteiger partial charge is 0.169 e. The van der Waals surface area contributed by atoms with Gasteiger partial charge in [-0.2, -0.15) is 0 Å². The summed E-state index contributed by atoms with van der Waals surface area (Å²) in [5.41, 5.74) is 0. The fraction of sp³-hybridized carbons (Fsp3) is 0.400. The third-order valence-electron chi connectivity index (χ3n) is 1.74. The first kappa shape index (κ1) is 12.9. The van der Waals surface area contributed by atoms with Gasteiger partial charge in [0.05, 0.1) is 11.1 Å². The summed E-state index contributed by atoms with van der Waals surface area (Å²) in [5.74, 6) is -0.991. The highest BCUT2D eigenvalue weighted by molar-refractivity contribution is 9.10. The molecule has 1 unspecified atom stereocenters. The Labute approximate surface area is 104 Å². The Balaban J connectivity index is 2.77. The fourth-order valence-corrected chi connectivity index (χ4v) is 1.65. The van der Waals surface area contributed by atoms with Gasteiger partial charge in [0.15, 0.2) is 11.6 Å². The number of ether oxygens (including phenoxy) is 1. The van der Waals surface area contributed by atoms with Gasteiger partial charge in [-0.15, -0.1) is 0 Å². The van der Waals surface area contributed by atoms with E-state index in [1.165, 1.54) is 6.07 Å². The van der Waals surface area contributed by atoms with Crippen molar-refractivity contribution >= 4 is 31.9 Å². The molecule has 0 radical (unpaired) electrons. The lowest BCUT2D eigenvalue weighted by atomic mass is 10.2. The van der Waals surface area contributed by atoms with E-state index in [2.05, 4.69) is 31.9 Å². The molecule has 1 aromatic carbocycles. The molecule has 0 aliphatic carbocycles. The van der Waals surface area contributed by atoms with E-state index < -0.39 is 11.6 Å². The van der Waals surface area contributed by atoms with Crippen molar-refractivity contribution in [2.45, 2.75) is 6.92 Å². The van der Waals surface area contributed by atoms with Crippen molar-refractivity contribution in [2.75, 3.05) is 11.9 Å². The Morgan fingerprint density at radius 1 is 1.40 bits per heavy atom. The van der Waals surface area contributed by atoms with Crippen LogP contribution in [0.25, 0.3) is 0 Å². The molecule has 0 N–H and O–H groups in total. The van der Waals surface area contributed by atoms with Gasteiger partial charge in [0.25, 0.3) is 0 Å². The van der Waals surface area contributed by atoms with Crippen LogP contribution < -0.4 is 4.74 Å². The van der Waals surface area contributed by atoms with Crippen LogP contribution in [-0.2, 0) is 0 Å². The lowest BCUT2D eigenvalue weighted by Gasteiger charge is -2.12. The lowest BCUT2D eigenvalue weighted by Crippen LogP contribution is -2.10. The molecule has 0 amide bonds. The van der Waals surface area contributed by atoms with E-state index in [9.17, 15) is 8.78 Å². The molecule has 0 saturated heterocycles. The summed E-state index contributed by atoms with van der Waals surface area (Å²) in [4.78, 5) is 0. The molecule has 1 rings (SSSR count). The monoisotopic (exact) mass is 342 g/mol. The van der Waals surface area contributed by atoms with Gasteiger partial charge in [-0.1, -0.05) is 22.9 Å². The van der Waals surface area contributed by atoms with Crippen molar-refractivity contribution in [1.82, 2.24) is 0 Å². The Kier molecular flexibility index (Phi) is 4.99. The highest BCUT2D eigenvalue weighted by Gasteiger charge is 2.12. The van der Waals surface area contributed by atoms with Gasteiger partial charge >= 0.3 is 0 Å². The minimum atomic E-state index is -0.691. The third kappa shape index (κ3) is 3.72. The Hall–Kier alpha value is -0.160. The molecule has 0 heterocycles. The van der Waals surface area contributed by atoms with Crippen molar-refractivity contribution in [1.29, 1.82) is 0 Å². The summed E-state index contributed by atoms with van der Waals surface area (Å²) in [6.07, 6.45) is 0. The molecular weight excluding hydrogens is 334 g/mol. The summed E-state index contributed by atoms with van der Waals surface area (Å²) >= 11 is 6.34. The van der Waals surface area contributed by atoms with Crippen molar-refractivity contribution in [2.24, 2.45) is 5.92 Å². The average molecular weight is 344 g/mol. The van der Waals surface area contributed by atoms with Crippen molar-refractivity contribution in [3.8, 4) is 5.75 Å². The van der Waals surface area contributed by atoms with E-state index in [0.29, 0.717) is 11.1 Å². The largest absolute Gasteiger partial charge is 0.489 e. The van der Waals surface area contributed by atoms with Gasteiger partial charge in [-0.3, -0.25) is 0 Å². The molecule has 0 fully saturated rings. The number of rotatable bonds is 4. The van der Waals surface area contributed by atoms with Crippen LogP contribution in [0.2, 0.25) is 0 Å². The molecule has 84 valence electrons. The molecular formula is C10H10Br2F2O. The third-order valence-corrected chi connectivity index (χ3v) is 3.43. The molecule has 1 nitrogen and oxygen atoms in total. The Morgan fingerprint density at radius 2 is 2.07 bits per heavy atom. The summed E-state index contributed by atoms with van der Waals surface area (Å²) < 4.78 is 31.5. The standard InChI is InChI=1S/C10H10Br2F2O/c1-6(4-11)5-15-10-8(12)2-7(13)3-9(10)14/h2-3,6H,4-5H2,1H3. The zero-order valence-corrected chi connectivity index (χ0v) is 11.2. The molecule has 0 aliphatic heterocycles. The van der Waals surface area contributed by atoms with Crippen LogP contribution in [0.4, 0.5) is 8.78 Å². The van der Waals surface area contributed by atoms with E-state index >= 15 is 0 Å². The normalized spacial score (nSPS) is 12.6. The SMILES string of the molecule is CC(CBr)COc1c(F)cc(F)cc1Br. The van der Waals surface area contributed by atoms with E-state index in [0.717, 1.165) is 11.4 Å². The lowest BCUT2D eigenvalue weighted by molar-refractivity contribution is 0.259. The average Bonchev–Trinajstić information content (AvgIpc) is 2.15. The second-order valence-corrected chi connectivity index (χ2v) is 4.77. The first-order valence-electron chi connectivity index (χ1n) is 4.38. The van der Waals surface area contributed by atoms with Crippen LogP contribution in [0.5, 0.6) is 5.75 Å². The second kappa shape index (κ2) is 5.80. The van der Waals surface area contributed by atoms with E-state index in [4.69, 9.17) is 4.74 Å². The van der Waals surface area contributed by atoms with Crippen molar-refractivity contribution < 1.29 is 13.5 Å². The maximum atomic E-state index is 13.3. The number of benzene rings is 1. The van der Waals surface area contributed by atoms with Crippen LogP contribution in [-0.4, -0.2) is 11.9 Å². The maximum Gasteiger partial charge on any atom is 0.169 e. The maximum absolute atomic E-state index is 13.3. The Morgan fingerprint density at radius 3 is 2.60 bits per heavy atom. The minimum absolute atomic E-state index is 0.0594. The summed E-state index contributed by atoms with van der Waals surface area (Å²) in [6, 6.07) is 1.98. The molecule has 1 atom stereocenters. The van der Waals surface area contributed by atoms with E-state index in [-0.39, 0.29) is 11.7 Å². The van der Waals surface area contributed by atoms with E-state index in [1.807, 2.05) is 6.92 Å². The molecule has 0 saturated carbocycles. The predicted octanol–water partition coefficient (Wildman–Crippen LogP) is 4.14. The van der Waals surface area contributed by atoms with Crippen molar-refractivity contribution in [3.05, 3.63) is 28.2 Å². The fourth-order valence-electron chi connectivity index (χ4n) is 0.937. The second-order valence-electron chi connectivity index (χ2n) is 3.27. The van der Waals surface area contributed by atoms with Crippen LogP contribution in [0, 0.1) is 17.6 Å². The quantitative estimate of drug-likeness (QED) is 0.747. The van der Waals surface area contributed by atoms with Gasteiger partial charge in [-0.05, 0) is 27.9 Å². The number of hydrogen-bond acceptors (Lipinski definition) is 1. The predicted molar refractivity (Wildman–Crippen MR) is 62.5 cm³/mol. The van der Waals surface area contributed by atoms with Gasteiger partial charge in [-0.25, -0.2) is 8.78 Å². The van der Waals surface area contributed by atoms with Crippen LogP contribution in [0.15, 0.2) is 16.6 Å². The topological polar surface area (TPSA) is 9.23 Å². The van der Waals surface area contributed by atoms with Gasteiger partial charge in [0.1, 0.15) is 5.82 Å². The zero-order chi connectivity index (χ0) is 11.4. The molecule has 15 heavy (non-hydrogen) atoms. The first-order valence-corrected chi connectivity index (χ1v) is 6.29. The molecule has 0 bridgehead atoms. The van der Waals surface area contributed by atoms with Crippen LogP contribution >= 0.6 is 31.9 Å². The molecule has 0 aliphatic rings. The minimum Gasteiger partial charge on any atom is -0.489 e. The zero-order valence-electron chi connectivity index (χ0n) is 8.07. The molecule has 5 heteroatoms. The highest BCUT2D eigenvalue weighted by Crippen LogP contribution is 2.29. The number of hydrogen-bond donors (Lipinski definition) is 0. The summed E-state index contributed by atoms with van der Waals surface area (Å²) in [5, 5.41) is 0.771. The van der Waals surface area contributed by atoms with E-state index in [1.54, 1.807) is 0 Å². The van der Waals surface area contributed by atoms with Crippen LogP contribution in [0.3, 0.4) is 0 Å². The number of alkyl halides is 1. The van der Waals surface area contributed by atoms with Gasteiger partial charge in [0, 0.05) is 11.4 Å². The van der Waals surface area contributed by atoms with Gasteiger partial charge < -0.3 is 4.74 Å². The molecule has 0 aromatic heterocycles. The summed E-state index contributed by atoms with van der Waals surface area (Å²) in [6.45, 7) is 2.34. The highest BCUT2D eigenvalue weighted by atomic mass is 79.9. The van der Waals surface area contributed by atoms with Crippen LogP contribution in [0.1, 0.15) is 6.92 Å². The molecule has 0 spiro atoms. The van der Waals surface area contributed by atoms with Crippen molar-refractivity contribution in [3.63, 3.8) is 0 Å². The molecule has 1 aromatic rings.